The minimum Gasteiger partial charge on any atom is -0.300 e. The second-order valence-electron chi connectivity index (χ2n) is 5.59. The van der Waals surface area contributed by atoms with Gasteiger partial charge in [0, 0.05) is 24.6 Å². The van der Waals surface area contributed by atoms with E-state index >= 15 is 0 Å². The fourth-order valence-corrected chi connectivity index (χ4v) is 3.09. The molecule has 4 heteroatoms. The summed E-state index contributed by atoms with van der Waals surface area (Å²) in [6.07, 6.45) is 5.01. The lowest BCUT2D eigenvalue weighted by molar-refractivity contribution is -0.118. The summed E-state index contributed by atoms with van der Waals surface area (Å²) in [4.78, 5) is 13.7. The number of halogens is 2. The topological polar surface area (TPSA) is 20.3 Å². The van der Waals surface area contributed by atoms with Gasteiger partial charge in [-0.05, 0) is 32.4 Å². The molecule has 1 heterocycles. The summed E-state index contributed by atoms with van der Waals surface area (Å²) in [5.74, 6) is -0.131. The van der Waals surface area contributed by atoms with E-state index in [1.54, 1.807) is 25.1 Å². The highest BCUT2D eigenvalue weighted by Crippen LogP contribution is 2.24. The largest absolute Gasteiger partial charge is 0.300 e. The minimum atomic E-state index is -0.333. The molecular weight excluding hydrogens is 277 g/mol. The molecular formula is C16H21ClFNO. The summed E-state index contributed by atoms with van der Waals surface area (Å²) in [7, 11) is 0. The summed E-state index contributed by atoms with van der Waals surface area (Å²) in [6.45, 7) is 3.08. The lowest BCUT2D eigenvalue weighted by atomic mass is 10.0. The van der Waals surface area contributed by atoms with Crippen LogP contribution >= 0.6 is 11.6 Å². The molecule has 110 valence electrons. The maximum atomic E-state index is 14.0. The van der Waals surface area contributed by atoms with Gasteiger partial charge in [0.1, 0.15) is 11.6 Å². The average molecular weight is 298 g/mol. The van der Waals surface area contributed by atoms with Crippen LogP contribution in [0.4, 0.5) is 4.39 Å². The smallest absolute Gasteiger partial charge is 0.146 e. The van der Waals surface area contributed by atoms with Gasteiger partial charge in [0.15, 0.2) is 0 Å². The predicted molar refractivity (Wildman–Crippen MR) is 79.4 cm³/mol. The molecule has 1 fully saturated rings. The molecule has 0 spiro atoms. The van der Waals surface area contributed by atoms with E-state index in [1.807, 2.05) is 0 Å². The maximum absolute atomic E-state index is 14.0. The summed E-state index contributed by atoms with van der Waals surface area (Å²) in [5, 5.41) is 0.167. The van der Waals surface area contributed by atoms with Gasteiger partial charge in [-0.1, -0.05) is 36.6 Å². The molecule has 0 N–H and O–H groups in total. The summed E-state index contributed by atoms with van der Waals surface area (Å²) < 4.78 is 14.0. The zero-order valence-corrected chi connectivity index (χ0v) is 12.6. The van der Waals surface area contributed by atoms with E-state index in [0.717, 1.165) is 25.8 Å². The summed E-state index contributed by atoms with van der Waals surface area (Å²) in [6, 6.07) is 5.35. The third-order valence-electron chi connectivity index (χ3n) is 3.93. The van der Waals surface area contributed by atoms with Crippen LogP contribution in [0.5, 0.6) is 0 Å². The van der Waals surface area contributed by atoms with Gasteiger partial charge in [0.2, 0.25) is 0 Å². The summed E-state index contributed by atoms with van der Waals surface area (Å²) >= 11 is 5.84. The van der Waals surface area contributed by atoms with Crippen LogP contribution in [0.25, 0.3) is 0 Å². The Kier molecular flexibility index (Phi) is 5.55. The fourth-order valence-electron chi connectivity index (χ4n) is 2.90. The molecule has 1 aliphatic heterocycles. The van der Waals surface area contributed by atoms with E-state index in [9.17, 15) is 9.18 Å². The second-order valence-corrected chi connectivity index (χ2v) is 6.00. The molecule has 2 nitrogen and oxygen atoms in total. The first kappa shape index (κ1) is 15.5. The van der Waals surface area contributed by atoms with Gasteiger partial charge in [-0.15, -0.1) is 0 Å². The number of carbonyl (C=O) groups is 1. The quantitative estimate of drug-likeness (QED) is 0.830. The minimum absolute atomic E-state index is 0.167. The standard InChI is InChI=1S/C16H21ClFNO/c1-12(20)10-14-7-3-2-4-9-19(14)11-13-6-5-8-15(17)16(13)18/h5-6,8,14H,2-4,7,9-11H2,1H3. The van der Waals surface area contributed by atoms with E-state index < -0.39 is 0 Å². The van der Waals surface area contributed by atoms with Crippen molar-refractivity contribution in [1.82, 2.24) is 4.90 Å². The third kappa shape index (κ3) is 4.03. The Hall–Kier alpha value is -0.930. The third-order valence-corrected chi connectivity index (χ3v) is 4.22. The molecule has 1 unspecified atom stereocenters. The zero-order chi connectivity index (χ0) is 14.5. The number of rotatable bonds is 4. The molecule has 0 aliphatic carbocycles. The maximum Gasteiger partial charge on any atom is 0.146 e. The van der Waals surface area contributed by atoms with Gasteiger partial charge in [-0.3, -0.25) is 9.69 Å². The van der Waals surface area contributed by atoms with Crippen molar-refractivity contribution >= 4 is 17.4 Å². The van der Waals surface area contributed by atoms with E-state index in [4.69, 9.17) is 11.6 Å². The van der Waals surface area contributed by atoms with Crippen molar-refractivity contribution in [3.63, 3.8) is 0 Å². The highest BCUT2D eigenvalue weighted by molar-refractivity contribution is 6.30. The Balaban J connectivity index is 2.14. The van der Waals surface area contributed by atoms with Gasteiger partial charge in [-0.2, -0.15) is 0 Å². The van der Waals surface area contributed by atoms with Crippen molar-refractivity contribution in [2.24, 2.45) is 0 Å². The number of hydrogen-bond donors (Lipinski definition) is 0. The Morgan fingerprint density at radius 3 is 2.95 bits per heavy atom. The molecule has 0 bridgehead atoms. The molecule has 1 aromatic rings. The molecule has 1 aromatic carbocycles. The van der Waals surface area contributed by atoms with Crippen LogP contribution in [0, 0.1) is 5.82 Å². The normalized spacial score (nSPS) is 20.6. The number of hydrogen-bond acceptors (Lipinski definition) is 2. The van der Waals surface area contributed by atoms with Crippen molar-refractivity contribution in [3.8, 4) is 0 Å². The van der Waals surface area contributed by atoms with Gasteiger partial charge in [0.05, 0.1) is 5.02 Å². The number of nitrogens with zero attached hydrogens (tertiary/aromatic N) is 1. The van der Waals surface area contributed by atoms with Crippen LogP contribution in [0.3, 0.4) is 0 Å². The number of benzene rings is 1. The average Bonchev–Trinajstić information content (AvgIpc) is 2.60. The van der Waals surface area contributed by atoms with Crippen molar-refractivity contribution in [1.29, 1.82) is 0 Å². The van der Waals surface area contributed by atoms with Crippen molar-refractivity contribution in [2.45, 2.75) is 51.6 Å². The first-order valence-electron chi connectivity index (χ1n) is 7.24. The SMILES string of the molecule is CC(=O)CC1CCCCCN1Cc1cccc(Cl)c1F. The first-order chi connectivity index (χ1) is 9.58. The number of carbonyl (C=O) groups excluding carboxylic acids is 1. The van der Waals surface area contributed by atoms with E-state index in [-0.39, 0.29) is 22.7 Å². The zero-order valence-electron chi connectivity index (χ0n) is 11.9. The Bertz CT molecular complexity index is 478. The predicted octanol–water partition coefficient (Wildman–Crippen LogP) is 4.20. The molecule has 1 aliphatic rings. The van der Waals surface area contributed by atoms with E-state index in [0.29, 0.717) is 18.5 Å². The Labute approximate surface area is 124 Å². The van der Waals surface area contributed by atoms with Gasteiger partial charge < -0.3 is 0 Å². The van der Waals surface area contributed by atoms with E-state index in [2.05, 4.69) is 4.90 Å². The highest BCUT2D eigenvalue weighted by atomic mass is 35.5. The van der Waals surface area contributed by atoms with Gasteiger partial charge in [-0.25, -0.2) is 4.39 Å². The van der Waals surface area contributed by atoms with Gasteiger partial charge in [0.25, 0.3) is 0 Å². The molecule has 2 rings (SSSR count). The fraction of sp³-hybridized carbons (Fsp3) is 0.562. The Morgan fingerprint density at radius 2 is 2.20 bits per heavy atom. The van der Waals surface area contributed by atoms with Crippen LogP contribution < -0.4 is 0 Å². The lowest BCUT2D eigenvalue weighted by Gasteiger charge is -2.29. The summed E-state index contributed by atoms with van der Waals surface area (Å²) in [5.41, 5.74) is 0.618. The molecule has 0 saturated carbocycles. The molecule has 0 aromatic heterocycles. The monoisotopic (exact) mass is 297 g/mol. The van der Waals surface area contributed by atoms with E-state index in [1.165, 1.54) is 6.42 Å². The molecule has 1 saturated heterocycles. The number of Topliss-reactive ketones (excluding diaryl/α,β-unsaturated/α-hetero) is 1. The second kappa shape index (κ2) is 7.19. The van der Waals surface area contributed by atoms with Crippen LogP contribution in [0.1, 0.15) is 44.6 Å². The lowest BCUT2D eigenvalue weighted by Crippen LogP contribution is -2.36. The van der Waals surface area contributed by atoms with Crippen LogP contribution in [0.2, 0.25) is 5.02 Å². The molecule has 0 amide bonds. The van der Waals surface area contributed by atoms with Crippen molar-refractivity contribution in [2.75, 3.05) is 6.54 Å². The molecule has 0 radical (unpaired) electrons. The molecule has 1 atom stereocenters. The number of likely N-dealkylation sites (tertiary alicyclic amines) is 1. The van der Waals surface area contributed by atoms with Crippen LogP contribution in [0.15, 0.2) is 18.2 Å². The van der Waals surface area contributed by atoms with Crippen molar-refractivity contribution < 1.29 is 9.18 Å². The van der Waals surface area contributed by atoms with Crippen molar-refractivity contribution in [3.05, 3.63) is 34.6 Å². The Morgan fingerprint density at radius 1 is 1.40 bits per heavy atom. The van der Waals surface area contributed by atoms with Crippen LogP contribution in [-0.2, 0) is 11.3 Å². The van der Waals surface area contributed by atoms with Crippen LogP contribution in [-0.4, -0.2) is 23.3 Å². The highest BCUT2D eigenvalue weighted by Gasteiger charge is 2.23. The molecule has 20 heavy (non-hydrogen) atoms. The first-order valence-corrected chi connectivity index (χ1v) is 7.62. The van der Waals surface area contributed by atoms with Gasteiger partial charge >= 0.3 is 0 Å². The number of ketones is 1.